The maximum absolute atomic E-state index is 12.5. The third-order valence-electron chi connectivity index (χ3n) is 4.72. The number of pyridine rings is 1. The minimum Gasteiger partial charge on any atom is -0.422 e. The minimum absolute atomic E-state index is 0.184. The van der Waals surface area contributed by atoms with Gasteiger partial charge in [-0.15, -0.1) is 0 Å². The molecule has 1 aliphatic rings. The monoisotopic (exact) mass is 373 g/mol. The Morgan fingerprint density at radius 1 is 1.35 bits per heavy atom. The molecule has 8 heteroatoms. The van der Waals surface area contributed by atoms with Crippen LogP contribution in [0, 0.1) is 0 Å². The molecule has 0 radical (unpaired) electrons. The molecule has 1 aliphatic carbocycles. The van der Waals surface area contributed by atoms with Crippen molar-refractivity contribution in [2.75, 3.05) is 0 Å². The molecule has 0 aliphatic heterocycles. The molecule has 3 aromatic heterocycles. The molecule has 136 valence electrons. The van der Waals surface area contributed by atoms with E-state index in [2.05, 4.69) is 21.9 Å². The standard InChI is InChI=1S/C18H20ClN5O2/c1-2-10-24-16-13(21-15(22-16)11-6-3-4-7-11)17(25)23-18(24)26-12-8-5-9-20-14(12)19/h5,8-9,11H,2-4,6-7,10H2,1H3,(H,21,22). The van der Waals surface area contributed by atoms with Crippen LogP contribution in [0.3, 0.4) is 0 Å². The smallest absolute Gasteiger partial charge is 0.307 e. The quantitative estimate of drug-likeness (QED) is 0.682. The van der Waals surface area contributed by atoms with E-state index in [1.807, 2.05) is 4.57 Å². The average Bonchev–Trinajstić information content (AvgIpc) is 3.30. The maximum Gasteiger partial charge on any atom is 0.307 e. The lowest BCUT2D eigenvalue weighted by molar-refractivity contribution is 0.402. The highest BCUT2D eigenvalue weighted by atomic mass is 35.5. The second kappa shape index (κ2) is 7.07. The number of hydrogen-bond acceptors (Lipinski definition) is 5. The highest BCUT2D eigenvalue weighted by Crippen LogP contribution is 2.33. The Balaban J connectivity index is 1.83. The van der Waals surface area contributed by atoms with Gasteiger partial charge in [0.05, 0.1) is 0 Å². The number of aryl methyl sites for hydroxylation is 1. The van der Waals surface area contributed by atoms with Crippen LogP contribution in [-0.2, 0) is 6.54 Å². The summed E-state index contributed by atoms with van der Waals surface area (Å²) in [5.41, 5.74) is 0.646. The van der Waals surface area contributed by atoms with Crippen LogP contribution >= 0.6 is 11.6 Å². The van der Waals surface area contributed by atoms with Gasteiger partial charge in [0.1, 0.15) is 5.82 Å². The molecule has 0 saturated heterocycles. The predicted octanol–water partition coefficient (Wildman–Crippen LogP) is 4.03. The zero-order valence-corrected chi connectivity index (χ0v) is 15.3. The van der Waals surface area contributed by atoms with Crippen molar-refractivity contribution in [1.82, 2.24) is 24.5 Å². The number of aromatic amines is 1. The summed E-state index contributed by atoms with van der Waals surface area (Å²) in [5, 5.41) is 0.221. The maximum atomic E-state index is 12.5. The highest BCUT2D eigenvalue weighted by Gasteiger charge is 2.23. The number of aromatic nitrogens is 5. The molecule has 0 unspecified atom stereocenters. The van der Waals surface area contributed by atoms with Gasteiger partial charge in [0.15, 0.2) is 22.1 Å². The Bertz CT molecular complexity index is 991. The molecule has 1 saturated carbocycles. The predicted molar refractivity (Wildman–Crippen MR) is 99.0 cm³/mol. The van der Waals surface area contributed by atoms with Crippen molar-refractivity contribution in [2.24, 2.45) is 0 Å². The minimum atomic E-state index is -0.376. The number of ether oxygens (including phenoxy) is 1. The first-order valence-electron chi connectivity index (χ1n) is 8.96. The molecule has 0 atom stereocenters. The van der Waals surface area contributed by atoms with Crippen molar-refractivity contribution in [2.45, 2.75) is 51.5 Å². The molecular weight excluding hydrogens is 354 g/mol. The van der Waals surface area contributed by atoms with E-state index in [1.54, 1.807) is 18.3 Å². The van der Waals surface area contributed by atoms with Gasteiger partial charge in [0, 0.05) is 18.7 Å². The molecular formula is C18H20ClN5O2. The van der Waals surface area contributed by atoms with Gasteiger partial charge in [-0.1, -0.05) is 31.4 Å². The van der Waals surface area contributed by atoms with Gasteiger partial charge in [0.2, 0.25) is 0 Å². The number of fused-ring (bicyclic) bond motifs is 1. The Hall–Kier alpha value is -2.41. The number of imidazole rings is 1. The normalized spacial score (nSPS) is 15.0. The summed E-state index contributed by atoms with van der Waals surface area (Å²) in [6.07, 6.45) is 7.03. The highest BCUT2D eigenvalue weighted by molar-refractivity contribution is 6.30. The lowest BCUT2D eigenvalue weighted by Gasteiger charge is -2.12. The number of halogens is 1. The summed E-state index contributed by atoms with van der Waals surface area (Å²) in [6.45, 7) is 2.68. The lowest BCUT2D eigenvalue weighted by atomic mass is 10.1. The van der Waals surface area contributed by atoms with Crippen LogP contribution in [0.1, 0.15) is 50.8 Å². The topological polar surface area (TPSA) is 85.7 Å². The third kappa shape index (κ3) is 3.07. The number of rotatable bonds is 5. The third-order valence-corrected chi connectivity index (χ3v) is 5.00. The SMILES string of the molecule is CCCn1c(Oc2cccnc2Cl)nc(=O)c2[nH]c(C3CCCC3)nc21. The van der Waals surface area contributed by atoms with Gasteiger partial charge in [-0.3, -0.25) is 9.36 Å². The van der Waals surface area contributed by atoms with Crippen molar-refractivity contribution >= 4 is 22.8 Å². The van der Waals surface area contributed by atoms with Gasteiger partial charge < -0.3 is 9.72 Å². The molecule has 0 bridgehead atoms. The van der Waals surface area contributed by atoms with E-state index in [1.165, 1.54) is 12.8 Å². The summed E-state index contributed by atoms with van der Waals surface area (Å²) in [4.78, 5) is 28.6. The first kappa shape index (κ1) is 17.0. The van der Waals surface area contributed by atoms with E-state index in [9.17, 15) is 4.79 Å². The summed E-state index contributed by atoms with van der Waals surface area (Å²) in [7, 11) is 0. The Kier molecular flexibility index (Phi) is 4.63. The van der Waals surface area contributed by atoms with Crippen LogP contribution in [0.4, 0.5) is 0 Å². The molecule has 1 fully saturated rings. The van der Waals surface area contributed by atoms with Gasteiger partial charge in [0.25, 0.3) is 0 Å². The molecule has 0 amide bonds. The lowest BCUT2D eigenvalue weighted by Crippen LogP contribution is -2.16. The van der Waals surface area contributed by atoms with E-state index < -0.39 is 0 Å². The first-order valence-corrected chi connectivity index (χ1v) is 9.34. The number of hydrogen-bond donors (Lipinski definition) is 1. The van der Waals surface area contributed by atoms with Gasteiger partial charge >= 0.3 is 11.6 Å². The van der Waals surface area contributed by atoms with E-state index in [0.29, 0.717) is 29.4 Å². The van der Waals surface area contributed by atoms with Crippen LogP contribution < -0.4 is 10.3 Å². The zero-order chi connectivity index (χ0) is 18.1. The molecule has 3 aromatic rings. The molecule has 4 rings (SSSR count). The Morgan fingerprint density at radius 2 is 2.15 bits per heavy atom. The molecule has 26 heavy (non-hydrogen) atoms. The molecule has 3 heterocycles. The molecule has 1 N–H and O–H groups in total. The van der Waals surface area contributed by atoms with E-state index in [0.717, 1.165) is 25.1 Å². The van der Waals surface area contributed by atoms with Crippen molar-refractivity contribution in [3.05, 3.63) is 39.7 Å². The second-order valence-corrected chi connectivity index (χ2v) is 6.91. The van der Waals surface area contributed by atoms with Crippen LogP contribution in [0.5, 0.6) is 11.8 Å². The fourth-order valence-corrected chi connectivity index (χ4v) is 3.62. The molecule has 0 aromatic carbocycles. The van der Waals surface area contributed by atoms with Crippen LogP contribution in [-0.4, -0.2) is 24.5 Å². The summed E-state index contributed by atoms with van der Waals surface area (Å²) < 4.78 is 7.65. The number of nitrogens with zero attached hydrogens (tertiary/aromatic N) is 4. The Morgan fingerprint density at radius 3 is 2.88 bits per heavy atom. The number of nitrogens with one attached hydrogen (secondary N) is 1. The summed E-state index contributed by atoms with van der Waals surface area (Å²) >= 11 is 6.08. The van der Waals surface area contributed by atoms with Crippen LogP contribution in [0.25, 0.3) is 11.2 Å². The van der Waals surface area contributed by atoms with Crippen molar-refractivity contribution < 1.29 is 4.74 Å². The summed E-state index contributed by atoms with van der Waals surface area (Å²) in [5.74, 6) is 1.61. The largest absolute Gasteiger partial charge is 0.422 e. The van der Waals surface area contributed by atoms with Crippen molar-refractivity contribution in [3.8, 4) is 11.8 Å². The van der Waals surface area contributed by atoms with Crippen molar-refractivity contribution in [3.63, 3.8) is 0 Å². The van der Waals surface area contributed by atoms with Gasteiger partial charge in [-0.05, 0) is 31.4 Å². The fourth-order valence-electron chi connectivity index (χ4n) is 3.46. The van der Waals surface area contributed by atoms with E-state index >= 15 is 0 Å². The average molecular weight is 374 g/mol. The van der Waals surface area contributed by atoms with Gasteiger partial charge in [-0.25, -0.2) is 9.97 Å². The first-order chi connectivity index (χ1) is 12.7. The van der Waals surface area contributed by atoms with Crippen LogP contribution in [0.2, 0.25) is 5.15 Å². The number of H-pyrrole nitrogens is 1. The van der Waals surface area contributed by atoms with Crippen LogP contribution in [0.15, 0.2) is 23.1 Å². The zero-order valence-electron chi connectivity index (χ0n) is 14.5. The van der Waals surface area contributed by atoms with E-state index in [4.69, 9.17) is 21.3 Å². The fraction of sp³-hybridized carbons (Fsp3) is 0.444. The van der Waals surface area contributed by atoms with Gasteiger partial charge in [-0.2, -0.15) is 4.98 Å². The second-order valence-electron chi connectivity index (χ2n) is 6.55. The molecule has 7 nitrogen and oxygen atoms in total. The Labute approximate surface area is 155 Å². The summed E-state index contributed by atoms with van der Waals surface area (Å²) in [6, 6.07) is 3.59. The molecule has 0 spiro atoms. The van der Waals surface area contributed by atoms with E-state index in [-0.39, 0.29) is 16.7 Å². The van der Waals surface area contributed by atoms with Crippen molar-refractivity contribution in [1.29, 1.82) is 0 Å².